The molecule has 3 aromatic rings. The van der Waals surface area contributed by atoms with Crippen LogP contribution in [-0.4, -0.2) is 111 Å². The number of aryl methyl sites for hydroxylation is 1. The minimum absolute atomic E-state index is 0.696. The second-order valence-electron chi connectivity index (χ2n) is 12.4. The van der Waals surface area contributed by atoms with Crippen LogP contribution in [0.15, 0.2) is 71.6 Å². The van der Waals surface area contributed by atoms with Gasteiger partial charge in [-0.1, -0.05) is 42.0 Å². The highest BCUT2D eigenvalue weighted by molar-refractivity contribution is 7.95. The second kappa shape index (κ2) is 19.5. The Hall–Kier alpha value is -5.05. The summed E-state index contributed by atoms with van der Waals surface area (Å²) < 4.78 is 25.8. The average molecular weight is 737 g/mol. The molecular formula is C38H44N2O11S. The Kier molecular flexibility index (Phi) is 14.9. The molecule has 3 aromatic carbocycles. The molecule has 4 N–H and O–H groups in total. The van der Waals surface area contributed by atoms with Gasteiger partial charge in [0.25, 0.3) is 0 Å². The Balaban J connectivity index is 0.000000436. The van der Waals surface area contributed by atoms with E-state index in [-0.39, 0.29) is 0 Å². The van der Waals surface area contributed by atoms with Gasteiger partial charge in [-0.25, -0.2) is 23.4 Å². The zero-order valence-corrected chi connectivity index (χ0v) is 29.8. The van der Waals surface area contributed by atoms with Gasteiger partial charge >= 0.3 is 23.9 Å². The fourth-order valence-corrected chi connectivity index (χ4v) is 7.60. The van der Waals surface area contributed by atoms with Gasteiger partial charge in [-0.15, -0.1) is 0 Å². The Bertz CT molecular complexity index is 1710. The topological polar surface area (TPSA) is 191 Å². The molecule has 1 unspecified atom stereocenters. The number of carbonyl (C=O) groups is 4. The molecule has 0 aliphatic carbocycles. The van der Waals surface area contributed by atoms with Crippen LogP contribution in [0.4, 0.5) is 0 Å². The van der Waals surface area contributed by atoms with Crippen LogP contribution in [0.5, 0.6) is 11.5 Å². The van der Waals surface area contributed by atoms with E-state index in [1.165, 1.54) is 63.0 Å². The van der Waals surface area contributed by atoms with Gasteiger partial charge < -0.3 is 29.9 Å². The van der Waals surface area contributed by atoms with E-state index in [2.05, 4.69) is 65.3 Å². The van der Waals surface area contributed by atoms with E-state index in [0.29, 0.717) is 6.61 Å². The lowest BCUT2D eigenvalue weighted by atomic mass is 9.95. The number of likely N-dealkylation sites (tertiary alicyclic amines) is 2. The van der Waals surface area contributed by atoms with Gasteiger partial charge in [0.15, 0.2) is 0 Å². The maximum Gasteiger partial charge on any atom is 0.414 e. The highest BCUT2D eigenvalue weighted by atomic mass is 32.2. The molecule has 0 saturated carbocycles. The molecule has 0 aromatic heterocycles. The Morgan fingerprint density at radius 2 is 1.10 bits per heavy atom. The van der Waals surface area contributed by atoms with Crippen molar-refractivity contribution in [2.75, 3.05) is 52.5 Å². The van der Waals surface area contributed by atoms with E-state index in [1.54, 1.807) is 0 Å². The van der Waals surface area contributed by atoms with Crippen molar-refractivity contribution in [2.45, 2.75) is 43.9 Å². The second-order valence-corrected chi connectivity index (χ2v) is 13.8. The summed E-state index contributed by atoms with van der Waals surface area (Å²) in [5.74, 6) is -5.53. The van der Waals surface area contributed by atoms with Gasteiger partial charge in [0.2, 0.25) is 0 Å². The lowest BCUT2D eigenvalue weighted by Gasteiger charge is -2.15. The van der Waals surface area contributed by atoms with Crippen molar-refractivity contribution in [1.82, 2.24) is 9.80 Å². The molecule has 3 aliphatic heterocycles. The molecule has 14 heteroatoms. The predicted molar refractivity (Wildman–Crippen MR) is 194 cm³/mol. The van der Waals surface area contributed by atoms with Crippen LogP contribution in [0.25, 0.3) is 10.5 Å². The highest BCUT2D eigenvalue weighted by Gasteiger charge is 2.30. The summed E-state index contributed by atoms with van der Waals surface area (Å²) in [4.78, 5) is 43.1. The number of carboxylic acids is 4. The molecule has 0 radical (unpaired) electrons. The number of hydrogen-bond donors (Lipinski definition) is 4. The van der Waals surface area contributed by atoms with Crippen molar-refractivity contribution in [3.8, 4) is 11.5 Å². The number of ether oxygens (including phenoxy) is 2. The molecule has 278 valence electrons. The smallest absolute Gasteiger partial charge is 0.414 e. The molecular weight excluding hydrogens is 692 g/mol. The Morgan fingerprint density at radius 3 is 1.54 bits per heavy atom. The zero-order valence-electron chi connectivity index (χ0n) is 29.0. The number of allylic oxidation sites excluding steroid dienone is 1. The number of hydrogen-bond acceptors (Lipinski definition) is 9. The standard InChI is InChI=1S/C34H40N2O3S.2C2H2O4/c1-26-6-15-33-31(24-26)32(25-27-7-11-29(12-8-27)38-22-20-35-16-2-3-17-35)34(40(33)37)28-9-13-30(14-10-28)39-23-21-36-18-4-5-19-36;2*3-1(4)2(5)6/h6-15,24H,2-5,16-23,25H2,1H3;2*(H,3,4)(H,5,6). The van der Waals surface area contributed by atoms with Gasteiger partial charge in [-0.2, -0.15) is 0 Å². The van der Waals surface area contributed by atoms with Crippen molar-refractivity contribution in [3.05, 3.63) is 89.0 Å². The average Bonchev–Trinajstić information content (AvgIpc) is 3.89. The van der Waals surface area contributed by atoms with Crippen molar-refractivity contribution >= 4 is 45.2 Å². The molecule has 3 heterocycles. The van der Waals surface area contributed by atoms with Crippen LogP contribution < -0.4 is 9.47 Å². The third-order valence-corrected chi connectivity index (χ3v) is 10.3. The van der Waals surface area contributed by atoms with E-state index < -0.39 is 34.7 Å². The van der Waals surface area contributed by atoms with Crippen LogP contribution in [0.2, 0.25) is 0 Å². The molecule has 2 saturated heterocycles. The number of benzene rings is 3. The maximum absolute atomic E-state index is 13.8. The minimum atomic E-state index is -1.82. The SMILES string of the molecule is Cc1ccc2c(c1)C(Cc1ccc(OCCN3CCCC3)cc1)=C(c1ccc(OCCN3CCCC3)cc1)S2=O.O=C(O)C(=O)O.O=C(O)C(=O)O. The Labute approximate surface area is 304 Å². The quantitative estimate of drug-likeness (QED) is 0.202. The van der Waals surface area contributed by atoms with Crippen LogP contribution in [-0.2, 0) is 36.4 Å². The molecule has 0 spiro atoms. The van der Waals surface area contributed by atoms with Crippen LogP contribution in [0.3, 0.4) is 0 Å². The van der Waals surface area contributed by atoms with Crippen molar-refractivity contribution in [1.29, 1.82) is 0 Å². The summed E-state index contributed by atoms with van der Waals surface area (Å²) in [7, 11) is -1.22. The molecule has 3 aliphatic rings. The van der Waals surface area contributed by atoms with E-state index >= 15 is 0 Å². The number of rotatable bonds is 11. The highest BCUT2D eigenvalue weighted by Crippen LogP contribution is 2.44. The van der Waals surface area contributed by atoms with Gasteiger partial charge in [0.1, 0.15) is 24.7 Å². The first-order valence-electron chi connectivity index (χ1n) is 17.0. The Morgan fingerprint density at radius 1 is 0.654 bits per heavy atom. The molecule has 0 bridgehead atoms. The van der Waals surface area contributed by atoms with Crippen LogP contribution >= 0.6 is 0 Å². The van der Waals surface area contributed by atoms with Crippen LogP contribution in [0.1, 0.15) is 47.9 Å². The van der Waals surface area contributed by atoms with Gasteiger partial charge in [-0.3, -0.25) is 9.80 Å². The molecule has 0 amide bonds. The number of fused-ring (bicyclic) bond motifs is 1. The monoisotopic (exact) mass is 736 g/mol. The molecule has 13 nitrogen and oxygen atoms in total. The number of carboxylic acid groups (broad SMARTS) is 4. The van der Waals surface area contributed by atoms with Crippen molar-refractivity contribution in [3.63, 3.8) is 0 Å². The lowest BCUT2D eigenvalue weighted by molar-refractivity contribution is -0.159. The van der Waals surface area contributed by atoms with Gasteiger partial charge in [0, 0.05) is 13.1 Å². The third-order valence-electron chi connectivity index (χ3n) is 8.66. The normalized spacial score (nSPS) is 16.6. The number of nitrogens with zero attached hydrogens (tertiary/aromatic N) is 2. The van der Waals surface area contributed by atoms with E-state index in [0.717, 1.165) is 64.1 Å². The van der Waals surface area contributed by atoms with Crippen molar-refractivity contribution in [2.24, 2.45) is 0 Å². The first-order valence-corrected chi connectivity index (χ1v) is 18.2. The molecule has 52 heavy (non-hydrogen) atoms. The van der Waals surface area contributed by atoms with E-state index in [4.69, 9.17) is 49.1 Å². The summed E-state index contributed by atoms with van der Waals surface area (Å²) >= 11 is 0. The largest absolute Gasteiger partial charge is 0.492 e. The third kappa shape index (κ3) is 11.8. The summed E-state index contributed by atoms with van der Waals surface area (Å²) in [5, 5.41) is 29.6. The predicted octanol–water partition coefficient (Wildman–Crippen LogP) is 4.49. The fourth-order valence-electron chi connectivity index (χ4n) is 6.05. The molecule has 2 fully saturated rings. The summed E-state index contributed by atoms with van der Waals surface area (Å²) in [6.07, 6.45) is 5.91. The zero-order chi connectivity index (χ0) is 37.6. The van der Waals surface area contributed by atoms with Gasteiger partial charge in [0.05, 0.1) is 20.6 Å². The first-order chi connectivity index (χ1) is 24.9. The minimum Gasteiger partial charge on any atom is -0.492 e. The first kappa shape index (κ1) is 39.7. The summed E-state index contributed by atoms with van der Waals surface area (Å²) in [6, 6.07) is 22.8. The summed E-state index contributed by atoms with van der Waals surface area (Å²) in [6.45, 7) is 10.2. The van der Waals surface area contributed by atoms with Crippen LogP contribution in [0, 0.1) is 6.92 Å². The molecule has 6 rings (SSSR count). The number of aliphatic carboxylic acids is 4. The van der Waals surface area contributed by atoms with E-state index in [9.17, 15) is 4.21 Å². The van der Waals surface area contributed by atoms with E-state index in [1.807, 2.05) is 18.2 Å². The lowest BCUT2D eigenvalue weighted by Crippen LogP contribution is -2.25. The molecule has 1 atom stereocenters. The fraction of sp³-hybridized carbons (Fsp3) is 0.368. The summed E-state index contributed by atoms with van der Waals surface area (Å²) in [5.41, 5.74) is 5.61. The van der Waals surface area contributed by atoms with Crippen molar-refractivity contribution < 1.29 is 53.3 Å². The van der Waals surface area contributed by atoms with Gasteiger partial charge in [-0.05, 0) is 118 Å². The maximum atomic E-state index is 13.8.